The average molecular weight is 279 g/mol. The molecule has 0 aromatic rings. The molecule has 2 rings (SSSR count). The Kier molecular flexibility index (Phi) is 3.33. The van der Waals surface area contributed by atoms with Crippen molar-refractivity contribution < 1.29 is 4.43 Å². The van der Waals surface area contributed by atoms with Crippen molar-refractivity contribution in [2.24, 2.45) is 17.3 Å². The van der Waals surface area contributed by atoms with Crippen LogP contribution in [0.15, 0.2) is 23.5 Å². The molecule has 0 N–H and O–H groups in total. The van der Waals surface area contributed by atoms with Gasteiger partial charge in [-0.2, -0.15) is 0 Å². The van der Waals surface area contributed by atoms with E-state index in [1.54, 1.807) is 0 Å². The Morgan fingerprint density at radius 3 is 2.21 bits per heavy atom. The summed E-state index contributed by atoms with van der Waals surface area (Å²) < 4.78 is 6.54. The minimum Gasteiger partial charge on any atom is -0.546 e. The van der Waals surface area contributed by atoms with Gasteiger partial charge in [0.25, 0.3) is 0 Å². The van der Waals surface area contributed by atoms with E-state index in [1.165, 1.54) is 11.3 Å². The third kappa shape index (κ3) is 2.69. The molecule has 0 spiro atoms. The van der Waals surface area contributed by atoms with E-state index in [0.717, 1.165) is 12.3 Å². The predicted octanol–water partition coefficient (Wildman–Crippen LogP) is 5.51. The monoisotopic (exact) mass is 278 g/mol. The number of fused-ring (bicyclic) bond motifs is 1. The van der Waals surface area contributed by atoms with Crippen LogP contribution in [-0.4, -0.2) is 8.32 Å². The van der Waals surface area contributed by atoms with Gasteiger partial charge in [0.1, 0.15) is 0 Å². The van der Waals surface area contributed by atoms with E-state index in [1.807, 2.05) is 0 Å². The van der Waals surface area contributed by atoms with Crippen molar-refractivity contribution in [1.82, 2.24) is 0 Å². The lowest BCUT2D eigenvalue weighted by Gasteiger charge is -2.37. The largest absolute Gasteiger partial charge is 0.546 e. The Balaban J connectivity index is 2.20. The highest BCUT2D eigenvalue weighted by Crippen LogP contribution is 2.61. The molecule has 0 aromatic heterocycles. The Hall–Kier alpha value is -0.503. The lowest BCUT2D eigenvalue weighted by Crippen LogP contribution is -2.40. The van der Waals surface area contributed by atoms with E-state index in [2.05, 4.69) is 66.8 Å². The third-order valence-electron chi connectivity index (χ3n) is 5.47. The normalized spacial score (nSPS) is 29.9. The van der Waals surface area contributed by atoms with Crippen molar-refractivity contribution >= 4 is 8.32 Å². The summed E-state index contributed by atoms with van der Waals surface area (Å²) in [6, 6.07) is 0. The standard InChI is InChI=1S/C17H30OSi/c1-12-9-13(18-19(7,8)16(2,3)4)11-15-14(10-12)17(15,5)6/h10-11,14-15H,9H2,1-8H3. The van der Waals surface area contributed by atoms with Crippen LogP contribution in [0.4, 0.5) is 0 Å². The highest BCUT2D eigenvalue weighted by Gasteiger charge is 2.56. The van der Waals surface area contributed by atoms with Crippen molar-refractivity contribution in [2.45, 2.75) is 66.1 Å². The number of rotatable bonds is 2. The molecule has 1 fully saturated rings. The number of allylic oxidation sites excluding steroid dienone is 3. The zero-order chi connectivity index (χ0) is 14.6. The zero-order valence-electron chi connectivity index (χ0n) is 13.9. The van der Waals surface area contributed by atoms with E-state index < -0.39 is 8.32 Å². The molecule has 2 aliphatic carbocycles. The summed E-state index contributed by atoms with van der Waals surface area (Å²) >= 11 is 0. The highest BCUT2D eigenvalue weighted by molar-refractivity contribution is 6.74. The van der Waals surface area contributed by atoms with Gasteiger partial charge in [-0.25, -0.2) is 0 Å². The van der Waals surface area contributed by atoms with Gasteiger partial charge in [0, 0.05) is 6.42 Å². The molecular weight excluding hydrogens is 248 g/mol. The molecule has 0 bridgehead atoms. The molecule has 0 aliphatic heterocycles. The summed E-state index contributed by atoms with van der Waals surface area (Å²) in [5.74, 6) is 2.65. The van der Waals surface area contributed by atoms with Crippen LogP contribution in [0, 0.1) is 17.3 Å². The molecule has 0 radical (unpaired) electrons. The van der Waals surface area contributed by atoms with Crippen LogP contribution >= 0.6 is 0 Å². The van der Waals surface area contributed by atoms with Crippen LogP contribution in [0.5, 0.6) is 0 Å². The maximum absolute atomic E-state index is 6.54. The summed E-state index contributed by atoms with van der Waals surface area (Å²) in [5.41, 5.74) is 1.91. The van der Waals surface area contributed by atoms with Crippen molar-refractivity contribution in [3.63, 3.8) is 0 Å². The van der Waals surface area contributed by atoms with E-state index in [-0.39, 0.29) is 5.04 Å². The fourth-order valence-electron chi connectivity index (χ4n) is 2.81. The van der Waals surface area contributed by atoms with Crippen LogP contribution in [0.25, 0.3) is 0 Å². The lowest BCUT2D eigenvalue weighted by molar-refractivity contribution is 0.369. The van der Waals surface area contributed by atoms with Gasteiger partial charge in [0.05, 0.1) is 5.76 Å². The topological polar surface area (TPSA) is 9.23 Å². The van der Waals surface area contributed by atoms with Crippen LogP contribution < -0.4 is 0 Å². The quantitative estimate of drug-likeness (QED) is 0.478. The van der Waals surface area contributed by atoms with Crippen LogP contribution in [-0.2, 0) is 4.43 Å². The minimum absolute atomic E-state index is 0.274. The van der Waals surface area contributed by atoms with Gasteiger partial charge in [0.2, 0.25) is 8.32 Å². The second kappa shape index (κ2) is 4.24. The summed E-state index contributed by atoms with van der Waals surface area (Å²) in [6.45, 7) is 18.6. The van der Waals surface area contributed by atoms with E-state index in [0.29, 0.717) is 11.3 Å². The van der Waals surface area contributed by atoms with Crippen molar-refractivity contribution in [3.8, 4) is 0 Å². The molecule has 0 heterocycles. The molecule has 2 aliphatic rings. The predicted molar refractivity (Wildman–Crippen MR) is 85.5 cm³/mol. The molecule has 0 aromatic carbocycles. The van der Waals surface area contributed by atoms with Crippen LogP contribution in [0.3, 0.4) is 0 Å². The van der Waals surface area contributed by atoms with Crippen molar-refractivity contribution in [3.05, 3.63) is 23.5 Å². The first kappa shape index (κ1) is 14.9. The van der Waals surface area contributed by atoms with Gasteiger partial charge in [-0.05, 0) is 48.4 Å². The fourth-order valence-corrected chi connectivity index (χ4v) is 3.91. The van der Waals surface area contributed by atoms with Crippen molar-refractivity contribution in [1.29, 1.82) is 0 Å². The maximum Gasteiger partial charge on any atom is 0.250 e. The van der Waals surface area contributed by atoms with Gasteiger partial charge in [0.15, 0.2) is 0 Å². The Morgan fingerprint density at radius 2 is 1.68 bits per heavy atom. The van der Waals surface area contributed by atoms with E-state index in [4.69, 9.17) is 4.43 Å². The van der Waals surface area contributed by atoms with Gasteiger partial charge in [-0.3, -0.25) is 0 Å². The molecular formula is C17H30OSi. The average Bonchev–Trinajstić information content (AvgIpc) is 2.73. The van der Waals surface area contributed by atoms with Gasteiger partial charge in [-0.1, -0.05) is 46.3 Å². The molecule has 19 heavy (non-hydrogen) atoms. The maximum atomic E-state index is 6.54. The molecule has 1 nitrogen and oxygen atoms in total. The zero-order valence-corrected chi connectivity index (χ0v) is 14.9. The SMILES string of the molecule is CC1=CC2C(C=C(O[Si](C)(C)C(C)(C)C)C1)C2(C)C. The fraction of sp³-hybridized carbons (Fsp3) is 0.765. The molecule has 2 atom stereocenters. The highest BCUT2D eigenvalue weighted by atomic mass is 28.4. The smallest absolute Gasteiger partial charge is 0.250 e. The molecule has 108 valence electrons. The summed E-state index contributed by atoms with van der Waals surface area (Å²) in [6.07, 6.45) is 5.91. The minimum atomic E-state index is -1.70. The third-order valence-corrected chi connectivity index (χ3v) is 9.86. The molecule has 0 saturated heterocycles. The first-order chi connectivity index (χ1) is 8.45. The first-order valence-corrected chi connectivity index (χ1v) is 10.4. The van der Waals surface area contributed by atoms with Crippen LogP contribution in [0.2, 0.25) is 18.1 Å². The van der Waals surface area contributed by atoms with Gasteiger partial charge >= 0.3 is 0 Å². The Morgan fingerprint density at radius 1 is 1.16 bits per heavy atom. The van der Waals surface area contributed by atoms with E-state index in [9.17, 15) is 0 Å². The van der Waals surface area contributed by atoms with Gasteiger partial charge < -0.3 is 4.43 Å². The summed E-state index contributed by atoms with van der Waals surface area (Å²) in [7, 11) is -1.70. The first-order valence-electron chi connectivity index (χ1n) is 7.52. The summed E-state index contributed by atoms with van der Waals surface area (Å²) in [5, 5.41) is 0.274. The number of hydrogen-bond donors (Lipinski definition) is 0. The number of hydrogen-bond acceptors (Lipinski definition) is 1. The molecule has 2 unspecified atom stereocenters. The molecule has 0 amide bonds. The Bertz CT molecular complexity index is 435. The molecule has 1 saturated carbocycles. The van der Waals surface area contributed by atoms with E-state index >= 15 is 0 Å². The second-order valence-electron chi connectivity index (χ2n) is 8.56. The lowest BCUT2D eigenvalue weighted by atomic mass is 10.0. The second-order valence-corrected chi connectivity index (χ2v) is 13.3. The van der Waals surface area contributed by atoms with Crippen LogP contribution in [0.1, 0.15) is 48.0 Å². The van der Waals surface area contributed by atoms with Gasteiger partial charge in [-0.15, -0.1) is 0 Å². The summed E-state index contributed by atoms with van der Waals surface area (Å²) in [4.78, 5) is 0. The Labute approximate surface area is 120 Å². The van der Waals surface area contributed by atoms with Crippen molar-refractivity contribution in [2.75, 3.05) is 0 Å². The molecule has 2 heteroatoms.